The SMILES string of the molecule is CC1=C(C(=O)NC(C)(C)C)C(c2ccccc2Cl)C(C(=O)OC(C)C)=C(COCCCc2nc3ccccc3n2C)N1. The van der Waals surface area contributed by atoms with Crippen LogP contribution in [0.25, 0.3) is 11.0 Å². The van der Waals surface area contributed by atoms with Crippen LogP contribution < -0.4 is 10.6 Å². The molecule has 0 radical (unpaired) electrons. The highest BCUT2D eigenvalue weighted by atomic mass is 35.5. The topological polar surface area (TPSA) is 94.5 Å². The summed E-state index contributed by atoms with van der Waals surface area (Å²) in [7, 11) is 2.02. The molecule has 2 aromatic carbocycles. The molecule has 42 heavy (non-hydrogen) atoms. The Labute approximate surface area is 253 Å². The van der Waals surface area contributed by atoms with E-state index >= 15 is 0 Å². The summed E-state index contributed by atoms with van der Waals surface area (Å²) in [5.74, 6) is -0.556. The number of fused-ring (bicyclic) bond motifs is 1. The smallest absolute Gasteiger partial charge is 0.337 e. The molecule has 2 N–H and O–H groups in total. The highest BCUT2D eigenvalue weighted by molar-refractivity contribution is 6.31. The molecule has 1 atom stereocenters. The number of carbonyl (C=O) groups excluding carboxylic acids is 2. The van der Waals surface area contributed by atoms with Gasteiger partial charge in [-0.15, -0.1) is 0 Å². The van der Waals surface area contributed by atoms with Crippen LogP contribution in [0.15, 0.2) is 71.1 Å². The van der Waals surface area contributed by atoms with Crippen molar-refractivity contribution >= 4 is 34.5 Å². The lowest BCUT2D eigenvalue weighted by atomic mass is 9.79. The van der Waals surface area contributed by atoms with Crippen LogP contribution in [0.5, 0.6) is 0 Å². The van der Waals surface area contributed by atoms with Crippen molar-refractivity contribution in [3.8, 4) is 0 Å². The molecule has 1 aliphatic heterocycles. The third-order valence-corrected chi connectivity index (χ3v) is 7.32. The van der Waals surface area contributed by atoms with Crippen molar-refractivity contribution in [2.45, 2.75) is 71.9 Å². The molecule has 4 rings (SSSR count). The van der Waals surface area contributed by atoms with Gasteiger partial charge in [-0.05, 0) is 71.7 Å². The molecule has 0 bridgehead atoms. The van der Waals surface area contributed by atoms with E-state index in [0.717, 1.165) is 29.7 Å². The fourth-order valence-corrected chi connectivity index (χ4v) is 5.43. The predicted molar refractivity (Wildman–Crippen MR) is 166 cm³/mol. The van der Waals surface area contributed by atoms with E-state index in [9.17, 15) is 9.59 Å². The summed E-state index contributed by atoms with van der Waals surface area (Å²) in [6, 6.07) is 15.3. The van der Waals surface area contributed by atoms with Gasteiger partial charge < -0.3 is 24.7 Å². The van der Waals surface area contributed by atoms with Crippen molar-refractivity contribution in [3.63, 3.8) is 0 Å². The minimum absolute atomic E-state index is 0.136. The molecule has 0 saturated carbocycles. The molecule has 8 nitrogen and oxygen atoms in total. The van der Waals surface area contributed by atoms with Gasteiger partial charge in [-0.25, -0.2) is 9.78 Å². The van der Waals surface area contributed by atoms with Gasteiger partial charge in [0, 0.05) is 41.9 Å². The van der Waals surface area contributed by atoms with Gasteiger partial charge in [0.25, 0.3) is 0 Å². The molecule has 1 aliphatic rings. The van der Waals surface area contributed by atoms with E-state index in [0.29, 0.717) is 39.7 Å². The zero-order valence-corrected chi connectivity index (χ0v) is 26.3. The number of hydrogen-bond acceptors (Lipinski definition) is 6. The minimum Gasteiger partial charge on any atom is -0.460 e. The van der Waals surface area contributed by atoms with Crippen LogP contribution in [0.2, 0.25) is 5.02 Å². The van der Waals surface area contributed by atoms with E-state index in [1.165, 1.54) is 0 Å². The number of hydrogen-bond donors (Lipinski definition) is 2. The first-order chi connectivity index (χ1) is 19.9. The van der Waals surface area contributed by atoms with Gasteiger partial charge in [0.15, 0.2) is 0 Å². The number of aryl methyl sites for hydroxylation is 2. The Kier molecular flexibility index (Phi) is 9.79. The van der Waals surface area contributed by atoms with Crippen molar-refractivity contribution < 1.29 is 19.1 Å². The van der Waals surface area contributed by atoms with E-state index in [2.05, 4.69) is 21.3 Å². The number of dihydropyridines is 1. The predicted octanol–water partition coefficient (Wildman–Crippen LogP) is 5.96. The number of nitrogens with zero attached hydrogens (tertiary/aromatic N) is 2. The third kappa shape index (κ3) is 7.23. The number of rotatable bonds is 10. The molecule has 224 valence electrons. The number of para-hydroxylation sites is 2. The Bertz CT molecular complexity index is 1530. The van der Waals surface area contributed by atoms with Gasteiger partial charge in [0.05, 0.1) is 40.9 Å². The van der Waals surface area contributed by atoms with Crippen LogP contribution >= 0.6 is 11.6 Å². The summed E-state index contributed by atoms with van der Waals surface area (Å²) in [5.41, 5.74) is 4.14. The van der Waals surface area contributed by atoms with E-state index in [1.807, 2.05) is 71.1 Å². The number of nitrogens with one attached hydrogen (secondary N) is 2. The highest BCUT2D eigenvalue weighted by Gasteiger charge is 2.40. The third-order valence-electron chi connectivity index (χ3n) is 6.97. The second-order valence-electron chi connectivity index (χ2n) is 11.9. The normalized spacial score (nSPS) is 15.8. The van der Waals surface area contributed by atoms with E-state index < -0.39 is 17.4 Å². The second kappa shape index (κ2) is 13.1. The molecule has 9 heteroatoms. The maximum absolute atomic E-state index is 13.7. The lowest BCUT2D eigenvalue weighted by Gasteiger charge is -2.34. The Morgan fingerprint density at radius 3 is 2.45 bits per heavy atom. The lowest BCUT2D eigenvalue weighted by molar-refractivity contribution is -0.143. The number of aromatic nitrogens is 2. The minimum atomic E-state index is -0.743. The molecule has 1 unspecified atom stereocenters. The maximum Gasteiger partial charge on any atom is 0.337 e. The quantitative estimate of drug-likeness (QED) is 0.223. The molecular weight excluding hydrogens is 552 g/mol. The molecule has 0 spiro atoms. The van der Waals surface area contributed by atoms with Gasteiger partial charge >= 0.3 is 5.97 Å². The summed E-state index contributed by atoms with van der Waals surface area (Å²) >= 11 is 6.69. The zero-order chi connectivity index (χ0) is 30.6. The number of ether oxygens (including phenoxy) is 2. The molecular formula is C33H41ClN4O4. The monoisotopic (exact) mass is 592 g/mol. The van der Waals surface area contributed by atoms with Crippen molar-refractivity contribution in [3.05, 3.63) is 87.5 Å². The average Bonchev–Trinajstić information content (AvgIpc) is 3.22. The van der Waals surface area contributed by atoms with E-state index in [-0.39, 0.29) is 18.6 Å². The molecule has 1 aromatic heterocycles. The summed E-state index contributed by atoms with van der Waals surface area (Å²) in [6.45, 7) is 11.8. The first-order valence-electron chi connectivity index (χ1n) is 14.3. The first kappa shape index (κ1) is 31.3. The highest BCUT2D eigenvalue weighted by Crippen LogP contribution is 2.42. The standard InChI is InChI=1S/C33H41ClN4O4/c1-20(2)42-32(40)30-25(19-41-18-12-17-27-36-24-15-10-11-16-26(24)38(27)7)35-21(3)28(31(39)37-33(4,5)6)29(30)22-13-8-9-14-23(22)34/h8-11,13-16,20,29,35H,12,17-19H2,1-7H3,(H,37,39). The average molecular weight is 593 g/mol. The van der Waals surface area contributed by atoms with Crippen molar-refractivity contribution in [2.24, 2.45) is 7.05 Å². The maximum atomic E-state index is 13.7. The molecule has 1 amide bonds. The first-order valence-corrected chi connectivity index (χ1v) is 14.7. The van der Waals surface area contributed by atoms with E-state index in [4.69, 9.17) is 26.1 Å². The molecule has 2 heterocycles. The largest absolute Gasteiger partial charge is 0.460 e. The second-order valence-corrected chi connectivity index (χ2v) is 12.3. The number of carbonyl (C=O) groups is 2. The number of esters is 1. The number of imidazole rings is 1. The molecule has 0 saturated heterocycles. The number of halogens is 1. The summed E-state index contributed by atoms with van der Waals surface area (Å²) in [5, 5.41) is 6.81. The van der Waals surface area contributed by atoms with Gasteiger partial charge in [0.1, 0.15) is 5.82 Å². The Hall–Kier alpha value is -3.62. The van der Waals surface area contributed by atoms with Gasteiger partial charge in [-0.1, -0.05) is 41.9 Å². The Morgan fingerprint density at radius 1 is 1.10 bits per heavy atom. The number of amides is 1. The van der Waals surface area contributed by atoms with Crippen molar-refractivity contribution in [1.82, 2.24) is 20.2 Å². The number of benzene rings is 2. The zero-order valence-electron chi connectivity index (χ0n) is 25.5. The van der Waals surface area contributed by atoms with Crippen LogP contribution in [-0.2, 0) is 32.5 Å². The fraction of sp³-hybridized carbons (Fsp3) is 0.424. The van der Waals surface area contributed by atoms with Gasteiger partial charge in [0.2, 0.25) is 5.91 Å². The van der Waals surface area contributed by atoms with E-state index in [1.54, 1.807) is 19.9 Å². The van der Waals surface area contributed by atoms with Crippen LogP contribution in [-0.4, -0.2) is 46.3 Å². The lowest BCUT2D eigenvalue weighted by Crippen LogP contribution is -2.45. The Balaban J connectivity index is 1.62. The van der Waals surface area contributed by atoms with Gasteiger partial charge in [-0.2, -0.15) is 0 Å². The molecule has 0 fully saturated rings. The van der Waals surface area contributed by atoms with Gasteiger partial charge in [-0.3, -0.25) is 4.79 Å². The van der Waals surface area contributed by atoms with Crippen molar-refractivity contribution in [2.75, 3.05) is 13.2 Å². The molecule has 0 aliphatic carbocycles. The molecule has 3 aromatic rings. The summed E-state index contributed by atoms with van der Waals surface area (Å²) < 4.78 is 13.9. The van der Waals surface area contributed by atoms with Crippen LogP contribution in [0.3, 0.4) is 0 Å². The summed E-state index contributed by atoms with van der Waals surface area (Å²) in [4.78, 5) is 32.1. The van der Waals surface area contributed by atoms with Crippen LogP contribution in [0, 0.1) is 0 Å². The fourth-order valence-electron chi connectivity index (χ4n) is 5.18. The van der Waals surface area contributed by atoms with Crippen molar-refractivity contribution in [1.29, 1.82) is 0 Å². The van der Waals surface area contributed by atoms with Crippen LogP contribution in [0.1, 0.15) is 65.3 Å². The summed E-state index contributed by atoms with van der Waals surface area (Å²) in [6.07, 6.45) is 1.14. The Morgan fingerprint density at radius 2 is 1.79 bits per heavy atom. The van der Waals surface area contributed by atoms with Crippen LogP contribution in [0.4, 0.5) is 0 Å². The number of allylic oxidation sites excluding steroid dienone is 1.